The Kier molecular flexibility index (Phi) is 4.93. The highest BCUT2D eigenvalue weighted by molar-refractivity contribution is 9.10. The second-order valence-electron chi connectivity index (χ2n) is 3.59. The quantitative estimate of drug-likeness (QED) is 0.885. The van der Waals surface area contributed by atoms with Gasteiger partial charge in [0.25, 0.3) is 0 Å². The minimum absolute atomic E-state index is 0.529. The molecule has 0 saturated carbocycles. The maximum Gasteiger partial charge on any atom is 0.0439 e. The van der Waals surface area contributed by atoms with Crippen LogP contribution in [0, 0.1) is 0 Å². The second-order valence-corrected chi connectivity index (χ2v) is 4.92. The van der Waals surface area contributed by atoms with Crippen molar-refractivity contribution >= 4 is 27.5 Å². The number of hydrogen-bond donors (Lipinski definition) is 1. The molecule has 78 valence electrons. The molecule has 0 aromatic heterocycles. The summed E-state index contributed by atoms with van der Waals surface area (Å²) in [5.41, 5.74) is 1.19. The van der Waals surface area contributed by atoms with Crippen LogP contribution in [-0.4, -0.2) is 12.6 Å². The van der Waals surface area contributed by atoms with E-state index in [1.165, 1.54) is 5.56 Å². The van der Waals surface area contributed by atoms with Gasteiger partial charge in [-0.15, -0.1) is 0 Å². The van der Waals surface area contributed by atoms with Crippen molar-refractivity contribution in [1.29, 1.82) is 0 Å². The fourth-order valence-electron chi connectivity index (χ4n) is 1.23. The monoisotopic (exact) mass is 275 g/mol. The van der Waals surface area contributed by atoms with Crippen molar-refractivity contribution in [2.24, 2.45) is 0 Å². The zero-order valence-electron chi connectivity index (χ0n) is 8.48. The van der Waals surface area contributed by atoms with E-state index in [2.05, 4.69) is 41.2 Å². The fourth-order valence-corrected chi connectivity index (χ4v) is 1.85. The Morgan fingerprint density at radius 2 is 2.14 bits per heavy atom. The topological polar surface area (TPSA) is 12.0 Å². The average Bonchev–Trinajstić information content (AvgIpc) is 2.10. The van der Waals surface area contributed by atoms with Gasteiger partial charge in [-0.05, 0) is 36.7 Å². The molecule has 0 amide bonds. The molecule has 0 aliphatic heterocycles. The van der Waals surface area contributed by atoms with Crippen molar-refractivity contribution in [3.63, 3.8) is 0 Å². The Morgan fingerprint density at radius 3 is 2.79 bits per heavy atom. The van der Waals surface area contributed by atoms with Crippen molar-refractivity contribution in [3.8, 4) is 0 Å². The summed E-state index contributed by atoms with van der Waals surface area (Å²) >= 11 is 9.50. The Hall–Kier alpha value is -0.0500. The zero-order valence-corrected chi connectivity index (χ0v) is 10.8. The van der Waals surface area contributed by atoms with Crippen molar-refractivity contribution in [1.82, 2.24) is 5.32 Å². The van der Waals surface area contributed by atoms with Gasteiger partial charge < -0.3 is 5.32 Å². The highest BCUT2D eigenvalue weighted by Gasteiger charge is 2.01. The molecule has 1 aromatic rings. The number of benzene rings is 1. The van der Waals surface area contributed by atoms with Crippen molar-refractivity contribution in [2.45, 2.75) is 26.3 Å². The van der Waals surface area contributed by atoms with Crippen molar-refractivity contribution in [2.75, 3.05) is 6.54 Å². The summed E-state index contributed by atoms with van der Waals surface area (Å²) in [7, 11) is 0. The third kappa shape index (κ3) is 3.99. The van der Waals surface area contributed by atoms with Crippen LogP contribution in [0.5, 0.6) is 0 Å². The van der Waals surface area contributed by atoms with Crippen molar-refractivity contribution < 1.29 is 0 Å². The van der Waals surface area contributed by atoms with Crippen LogP contribution in [0.15, 0.2) is 22.7 Å². The normalized spacial score (nSPS) is 10.9. The third-order valence-electron chi connectivity index (χ3n) is 1.95. The minimum atomic E-state index is 0.529. The molecule has 0 radical (unpaired) electrons. The van der Waals surface area contributed by atoms with E-state index in [9.17, 15) is 0 Å². The summed E-state index contributed by atoms with van der Waals surface area (Å²) in [6, 6.07) is 6.49. The molecule has 14 heavy (non-hydrogen) atoms. The van der Waals surface area contributed by atoms with E-state index < -0.39 is 0 Å². The Bertz CT molecular complexity index is 299. The summed E-state index contributed by atoms with van der Waals surface area (Å²) in [5.74, 6) is 0. The predicted octanol–water partition coefficient (Wildman–Crippen LogP) is 3.64. The summed E-state index contributed by atoms with van der Waals surface area (Å²) in [4.78, 5) is 0. The van der Waals surface area contributed by atoms with Crippen LogP contribution in [-0.2, 0) is 6.42 Å². The second kappa shape index (κ2) is 5.74. The predicted molar refractivity (Wildman–Crippen MR) is 66.0 cm³/mol. The van der Waals surface area contributed by atoms with E-state index in [4.69, 9.17) is 11.6 Å². The molecule has 0 bridgehead atoms. The fraction of sp³-hybridized carbons (Fsp3) is 0.455. The molecular weight excluding hydrogens is 261 g/mol. The summed E-state index contributed by atoms with van der Waals surface area (Å²) < 4.78 is 1.08. The Labute approximate surface area is 99.0 Å². The molecule has 0 aliphatic carbocycles. The van der Waals surface area contributed by atoms with Gasteiger partial charge in [-0.1, -0.05) is 41.4 Å². The highest BCUT2D eigenvalue weighted by Crippen LogP contribution is 2.21. The van der Waals surface area contributed by atoms with Crippen LogP contribution in [0.1, 0.15) is 19.4 Å². The lowest BCUT2D eigenvalue weighted by molar-refractivity contribution is 0.590. The van der Waals surface area contributed by atoms with Gasteiger partial charge in [-0.25, -0.2) is 0 Å². The van der Waals surface area contributed by atoms with Gasteiger partial charge in [0.15, 0.2) is 0 Å². The summed E-state index contributed by atoms with van der Waals surface area (Å²) in [6.07, 6.45) is 0.969. The average molecular weight is 277 g/mol. The molecule has 0 spiro atoms. The first-order valence-electron chi connectivity index (χ1n) is 4.77. The first kappa shape index (κ1) is 12.0. The van der Waals surface area contributed by atoms with E-state index in [0.717, 1.165) is 22.5 Å². The molecule has 1 N–H and O–H groups in total. The van der Waals surface area contributed by atoms with Crippen LogP contribution in [0.2, 0.25) is 5.02 Å². The molecule has 0 fully saturated rings. The SMILES string of the molecule is CC(C)NCCc1cc(Br)ccc1Cl. The van der Waals surface area contributed by atoms with Crippen molar-refractivity contribution in [3.05, 3.63) is 33.3 Å². The summed E-state index contributed by atoms with van der Waals surface area (Å²) in [5, 5.41) is 4.21. The smallest absolute Gasteiger partial charge is 0.0439 e. The molecule has 0 atom stereocenters. The Balaban J connectivity index is 2.53. The van der Waals surface area contributed by atoms with Crippen LogP contribution in [0.25, 0.3) is 0 Å². The molecule has 3 heteroatoms. The Morgan fingerprint density at radius 1 is 1.43 bits per heavy atom. The van der Waals surface area contributed by atoms with E-state index >= 15 is 0 Å². The van der Waals surface area contributed by atoms with Crippen LogP contribution in [0.3, 0.4) is 0 Å². The van der Waals surface area contributed by atoms with E-state index in [0.29, 0.717) is 6.04 Å². The maximum atomic E-state index is 6.06. The van der Waals surface area contributed by atoms with Gasteiger partial charge in [-0.2, -0.15) is 0 Å². The molecule has 1 aromatic carbocycles. The van der Waals surface area contributed by atoms with Gasteiger partial charge in [0.2, 0.25) is 0 Å². The molecule has 0 unspecified atom stereocenters. The number of nitrogens with one attached hydrogen (secondary N) is 1. The minimum Gasteiger partial charge on any atom is -0.314 e. The first-order chi connectivity index (χ1) is 6.59. The molecule has 0 saturated heterocycles. The number of halogens is 2. The maximum absolute atomic E-state index is 6.06. The lowest BCUT2D eigenvalue weighted by Crippen LogP contribution is -2.25. The standard InChI is InChI=1S/C11H15BrClN/c1-8(2)14-6-5-9-7-10(12)3-4-11(9)13/h3-4,7-8,14H,5-6H2,1-2H3. The van der Waals surface area contributed by atoms with E-state index in [1.807, 2.05) is 12.1 Å². The van der Waals surface area contributed by atoms with Gasteiger partial charge in [0.05, 0.1) is 0 Å². The lowest BCUT2D eigenvalue weighted by Gasteiger charge is -2.09. The van der Waals surface area contributed by atoms with Gasteiger partial charge in [-0.3, -0.25) is 0 Å². The molecule has 0 heterocycles. The lowest BCUT2D eigenvalue weighted by atomic mass is 10.1. The van der Waals surface area contributed by atoms with E-state index in [1.54, 1.807) is 0 Å². The highest BCUT2D eigenvalue weighted by atomic mass is 79.9. The van der Waals surface area contributed by atoms with Gasteiger partial charge in [0, 0.05) is 15.5 Å². The number of hydrogen-bond acceptors (Lipinski definition) is 1. The third-order valence-corrected chi connectivity index (χ3v) is 2.82. The van der Waals surface area contributed by atoms with E-state index in [-0.39, 0.29) is 0 Å². The zero-order chi connectivity index (χ0) is 10.6. The van der Waals surface area contributed by atoms with Gasteiger partial charge >= 0.3 is 0 Å². The molecule has 0 aliphatic rings. The number of rotatable bonds is 4. The van der Waals surface area contributed by atoms with Crippen LogP contribution >= 0.6 is 27.5 Å². The summed E-state index contributed by atoms with van der Waals surface area (Å²) in [6.45, 7) is 5.25. The largest absolute Gasteiger partial charge is 0.314 e. The van der Waals surface area contributed by atoms with Crippen LogP contribution < -0.4 is 5.32 Å². The van der Waals surface area contributed by atoms with Gasteiger partial charge in [0.1, 0.15) is 0 Å². The molecule has 1 nitrogen and oxygen atoms in total. The first-order valence-corrected chi connectivity index (χ1v) is 5.94. The molecular formula is C11H15BrClN. The van der Waals surface area contributed by atoms with Crippen LogP contribution in [0.4, 0.5) is 0 Å². The molecule has 1 rings (SSSR count).